The van der Waals surface area contributed by atoms with Gasteiger partial charge in [0.15, 0.2) is 0 Å². The van der Waals surface area contributed by atoms with E-state index in [1.165, 1.54) is 0 Å². The molecule has 0 atom stereocenters. The Morgan fingerprint density at radius 1 is 1.20 bits per heavy atom. The van der Waals surface area contributed by atoms with E-state index in [1.54, 1.807) is 4.90 Å². The third kappa shape index (κ3) is 4.14. The Kier molecular flexibility index (Phi) is 5.86. The summed E-state index contributed by atoms with van der Waals surface area (Å²) in [7, 11) is 0. The maximum absolute atomic E-state index is 8.25. The maximum Gasteiger partial charge on any atom is 0.0874 e. The molecule has 0 N–H and O–H groups in total. The van der Waals surface area contributed by atoms with Crippen LogP contribution in [0.25, 0.3) is 0 Å². The van der Waals surface area contributed by atoms with E-state index >= 15 is 0 Å². The fourth-order valence-electron chi connectivity index (χ4n) is 0.534. The average Bonchev–Trinajstić information content (AvgIpc) is 1.90. The fraction of sp³-hybridized carbons (Fsp3) is 0.667. The van der Waals surface area contributed by atoms with Crippen molar-refractivity contribution in [2.24, 2.45) is 0 Å². The van der Waals surface area contributed by atoms with Gasteiger partial charge in [0.25, 0.3) is 0 Å². The molecule has 0 aliphatic rings. The second kappa shape index (κ2) is 6.35. The normalized spacial score (nSPS) is 8.80. The van der Waals surface area contributed by atoms with Gasteiger partial charge < -0.3 is 0 Å². The van der Waals surface area contributed by atoms with Crippen LogP contribution in [0.3, 0.4) is 0 Å². The van der Waals surface area contributed by atoms with E-state index in [-0.39, 0.29) is 13.1 Å². The molecule has 0 saturated heterocycles. The van der Waals surface area contributed by atoms with Crippen molar-refractivity contribution in [3.63, 3.8) is 0 Å². The maximum atomic E-state index is 8.25. The predicted octanol–water partition coefficient (Wildman–Crippen LogP) is 0.574. The third-order valence-electron chi connectivity index (χ3n) is 0.989. The van der Waals surface area contributed by atoms with Crippen LogP contribution in [-0.2, 0) is 0 Å². The first-order chi connectivity index (χ1) is 4.85. The van der Waals surface area contributed by atoms with Crippen LogP contribution in [0, 0.1) is 22.7 Å². The van der Waals surface area contributed by atoms with Crippen molar-refractivity contribution in [1.82, 2.24) is 4.90 Å². The van der Waals surface area contributed by atoms with Gasteiger partial charge in [-0.15, -0.1) is 11.6 Å². The lowest BCUT2D eigenvalue weighted by Gasteiger charge is -2.11. The molecule has 0 saturated carbocycles. The minimum absolute atomic E-state index is 0.278. The van der Waals surface area contributed by atoms with Crippen LogP contribution in [0.5, 0.6) is 0 Å². The van der Waals surface area contributed by atoms with Crippen molar-refractivity contribution in [3.8, 4) is 12.1 Å². The van der Waals surface area contributed by atoms with Crippen LogP contribution >= 0.6 is 11.6 Å². The Morgan fingerprint density at radius 2 is 1.70 bits per heavy atom. The lowest BCUT2D eigenvalue weighted by molar-refractivity contribution is 0.364. The zero-order valence-electron chi connectivity index (χ0n) is 5.55. The molecule has 0 unspecified atom stereocenters. The monoisotopic (exact) mass is 157 g/mol. The summed E-state index contributed by atoms with van der Waals surface area (Å²) in [5.74, 6) is 0.462. The van der Waals surface area contributed by atoms with Gasteiger partial charge in [-0.2, -0.15) is 10.5 Å². The van der Waals surface area contributed by atoms with Crippen LogP contribution in [-0.4, -0.2) is 30.4 Å². The average molecular weight is 158 g/mol. The number of hydrogen-bond acceptors (Lipinski definition) is 3. The molecule has 0 fully saturated rings. The van der Waals surface area contributed by atoms with Gasteiger partial charge in [-0.25, -0.2) is 0 Å². The number of alkyl halides is 1. The lowest BCUT2D eigenvalue weighted by Crippen LogP contribution is -2.26. The van der Waals surface area contributed by atoms with Crippen molar-refractivity contribution in [1.29, 1.82) is 10.5 Å². The first-order valence-electron chi connectivity index (χ1n) is 2.87. The smallest absolute Gasteiger partial charge is 0.0874 e. The van der Waals surface area contributed by atoms with Crippen molar-refractivity contribution >= 4 is 11.6 Å². The van der Waals surface area contributed by atoms with Crippen molar-refractivity contribution in [3.05, 3.63) is 0 Å². The topological polar surface area (TPSA) is 50.8 Å². The van der Waals surface area contributed by atoms with E-state index in [2.05, 4.69) is 0 Å². The van der Waals surface area contributed by atoms with Gasteiger partial charge in [-0.05, 0) is 0 Å². The largest absolute Gasteiger partial charge is 0.276 e. The van der Waals surface area contributed by atoms with Crippen LogP contribution in [0.15, 0.2) is 0 Å². The highest BCUT2D eigenvalue weighted by Crippen LogP contribution is 1.86. The predicted molar refractivity (Wildman–Crippen MR) is 38.4 cm³/mol. The third-order valence-corrected chi connectivity index (χ3v) is 1.16. The molecular weight excluding hydrogens is 150 g/mol. The molecule has 0 aromatic rings. The van der Waals surface area contributed by atoms with E-state index in [1.807, 2.05) is 12.1 Å². The van der Waals surface area contributed by atoms with Crippen LogP contribution < -0.4 is 0 Å². The molecule has 54 valence electrons. The summed E-state index contributed by atoms with van der Waals surface area (Å²) < 4.78 is 0. The highest BCUT2D eigenvalue weighted by molar-refractivity contribution is 6.18. The van der Waals surface area contributed by atoms with E-state index in [9.17, 15) is 0 Å². The summed E-state index contributed by atoms with van der Waals surface area (Å²) in [6, 6.07) is 3.91. The first-order valence-corrected chi connectivity index (χ1v) is 3.40. The molecule has 10 heavy (non-hydrogen) atoms. The molecule has 0 bridgehead atoms. The Labute approximate surface area is 65.4 Å². The summed E-state index contributed by atoms with van der Waals surface area (Å²) in [6.07, 6.45) is 0. The van der Waals surface area contributed by atoms with Gasteiger partial charge in [-0.1, -0.05) is 0 Å². The quantitative estimate of drug-likeness (QED) is 0.443. The summed E-state index contributed by atoms with van der Waals surface area (Å²) >= 11 is 5.41. The van der Waals surface area contributed by atoms with Crippen molar-refractivity contribution < 1.29 is 0 Å². The van der Waals surface area contributed by atoms with E-state index in [4.69, 9.17) is 22.1 Å². The molecule has 4 heteroatoms. The molecule has 0 heterocycles. The van der Waals surface area contributed by atoms with Gasteiger partial charge in [0.2, 0.25) is 0 Å². The number of hydrogen-bond donors (Lipinski definition) is 0. The van der Waals surface area contributed by atoms with Crippen LogP contribution in [0.2, 0.25) is 0 Å². The van der Waals surface area contributed by atoms with E-state index in [0.717, 1.165) is 0 Å². The van der Waals surface area contributed by atoms with Gasteiger partial charge in [0.1, 0.15) is 0 Å². The molecule has 0 radical (unpaired) electrons. The minimum Gasteiger partial charge on any atom is -0.276 e. The Balaban J connectivity index is 3.54. The number of nitriles is 2. The first kappa shape index (κ1) is 9.23. The number of rotatable bonds is 4. The molecule has 0 aliphatic carbocycles. The molecule has 0 aromatic carbocycles. The Bertz CT molecular complexity index is 139. The number of halogens is 1. The minimum atomic E-state index is 0.278. The number of nitrogens with zero attached hydrogens (tertiary/aromatic N) is 3. The molecule has 3 nitrogen and oxygen atoms in total. The Hall–Kier alpha value is -0.770. The zero-order chi connectivity index (χ0) is 7.82. The van der Waals surface area contributed by atoms with Crippen molar-refractivity contribution in [2.45, 2.75) is 0 Å². The van der Waals surface area contributed by atoms with Gasteiger partial charge in [-0.3, -0.25) is 4.90 Å². The van der Waals surface area contributed by atoms with Gasteiger partial charge in [0, 0.05) is 12.4 Å². The SMILES string of the molecule is N#CCN(CC#N)CCCl. The van der Waals surface area contributed by atoms with Crippen molar-refractivity contribution in [2.75, 3.05) is 25.5 Å². The Morgan fingerprint density at radius 3 is 2.00 bits per heavy atom. The fourth-order valence-corrected chi connectivity index (χ4v) is 0.773. The molecule has 0 aromatic heterocycles. The highest BCUT2D eigenvalue weighted by atomic mass is 35.5. The summed E-state index contributed by atoms with van der Waals surface area (Å²) in [5, 5.41) is 16.5. The standard InChI is InChI=1S/C6H8ClN3/c7-1-4-10(5-2-8)6-3-9/h1,4-6H2. The molecule has 0 amide bonds. The molecular formula is C6H8ClN3. The highest BCUT2D eigenvalue weighted by Gasteiger charge is 1.99. The summed E-state index contributed by atoms with van der Waals surface area (Å²) in [4.78, 5) is 1.69. The molecule has 0 rings (SSSR count). The lowest BCUT2D eigenvalue weighted by atomic mass is 10.5. The van der Waals surface area contributed by atoms with E-state index < -0.39 is 0 Å². The van der Waals surface area contributed by atoms with E-state index in [0.29, 0.717) is 12.4 Å². The summed E-state index contributed by atoms with van der Waals surface area (Å²) in [5.41, 5.74) is 0. The zero-order valence-corrected chi connectivity index (χ0v) is 6.30. The molecule has 0 aliphatic heterocycles. The van der Waals surface area contributed by atoms with Gasteiger partial charge >= 0.3 is 0 Å². The molecule has 0 spiro atoms. The second-order valence-corrected chi connectivity index (χ2v) is 2.09. The van der Waals surface area contributed by atoms with Crippen LogP contribution in [0.1, 0.15) is 0 Å². The van der Waals surface area contributed by atoms with Gasteiger partial charge in [0.05, 0.1) is 25.2 Å². The van der Waals surface area contributed by atoms with Crippen LogP contribution in [0.4, 0.5) is 0 Å². The second-order valence-electron chi connectivity index (χ2n) is 1.72. The summed E-state index contributed by atoms with van der Waals surface area (Å²) in [6.45, 7) is 1.16.